The van der Waals surface area contributed by atoms with Crippen molar-refractivity contribution in [2.75, 3.05) is 19.4 Å². The molecule has 0 spiro atoms. The van der Waals surface area contributed by atoms with Crippen LogP contribution in [-0.2, 0) is 4.79 Å². The van der Waals surface area contributed by atoms with Crippen LogP contribution in [0.25, 0.3) is 0 Å². The molecule has 6 heteroatoms. The lowest BCUT2D eigenvalue weighted by Crippen LogP contribution is -2.55. The molecule has 1 saturated carbocycles. The molecule has 1 aliphatic rings. The monoisotopic (exact) mass is 313 g/mol. The van der Waals surface area contributed by atoms with Crippen LogP contribution >= 0.6 is 11.6 Å². The molecule has 0 atom stereocenters. The van der Waals surface area contributed by atoms with Gasteiger partial charge in [0.2, 0.25) is 5.91 Å². The van der Waals surface area contributed by atoms with E-state index in [2.05, 4.69) is 5.32 Å². The Morgan fingerprint density at radius 2 is 2.05 bits per heavy atom. The van der Waals surface area contributed by atoms with Gasteiger partial charge in [-0.2, -0.15) is 0 Å². The third-order valence-electron chi connectivity index (χ3n) is 4.00. The first-order valence-corrected chi connectivity index (χ1v) is 7.42. The van der Waals surface area contributed by atoms with Crippen molar-refractivity contribution < 1.29 is 9.18 Å². The summed E-state index contributed by atoms with van der Waals surface area (Å²) in [6.45, 7) is 0. The fourth-order valence-corrected chi connectivity index (χ4v) is 2.98. The van der Waals surface area contributed by atoms with Crippen molar-refractivity contribution in [1.29, 1.82) is 0 Å². The summed E-state index contributed by atoms with van der Waals surface area (Å²) >= 11 is 5.81. The molecule has 21 heavy (non-hydrogen) atoms. The molecule has 116 valence electrons. The van der Waals surface area contributed by atoms with E-state index in [1.807, 2.05) is 0 Å². The highest BCUT2D eigenvalue weighted by atomic mass is 35.5. The third-order valence-corrected chi connectivity index (χ3v) is 4.29. The lowest BCUT2D eigenvalue weighted by molar-refractivity contribution is -0.134. The lowest BCUT2D eigenvalue weighted by Gasteiger charge is -2.41. The molecule has 4 nitrogen and oxygen atoms in total. The van der Waals surface area contributed by atoms with Gasteiger partial charge in [-0.3, -0.25) is 4.79 Å². The van der Waals surface area contributed by atoms with Crippen LogP contribution < -0.4 is 11.1 Å². The number of nitrogens with two attached hydrogens (primary N) is 1. The maximum absolute atomic E-state index is 13.3. The quantitative estimate of drug-likeness (QED) is 0.902. The van der Waals surface area contributed by atoms with E-state index in [0.29, 0.717) is 18.5 Å². The Balaban J connectivity index is 2.27. The minimum atomic E-state index is -0.694. The molecule has 0 radical (unpaired) electrons. The Morgan fingerprint density at radius 3 is 2.57 bits per heavy atom. The first-order chi connectivity index (χ1) is 9.84. The number of amides is 1. The summed E-state index contributed by atoms with van der Waals surface area (Å²) in [6, 6.07) is 4.54. The Morgan fingerprint density at radius 1 is 1.43 bits per heavy atom. The van der Waals surface area contributed by atoms with E-state index in [0.717, 1.165) is 12.8 Å². The topological polar surface area (TPSA) is 58.4 Å². The molecule has 0 unspecified atom stereocenters. The molecular weight excluding hydrogens is 293 g/mol. The predicted molar refractivity (Wildman–Crippen MR) is 82.9 cm³/mol. The number of hydrogen-bond acceptors (Lipinski definition) is 3. The molecule has 2 rings (SSSR count). The van der Waals surface area contributed by atoms with Crippen molar-refractivity contribution in [3.63, 3.8) is 0 Å². The molecule has 1 aromatic rings. The molecule has 1 aromatic carbocycles. The summed E-state index contributed by atoms with van der Waals surface area (Å²) in [5.74, 6) is -0.462. The molecule has 1 fully saturated rings. The zero-order chi connectivity index (χ0) is 15.6. The summed E-state index contributed by atoms with van der Waals surface area (Å²) in [5, 5.41) is 3.31. The van der Waals surface area contributed by atoms with Gasteiger partial charge in [0.1, 0.15) is 11.4 Å². The summed E-state index contributed by atoms with van der Waals surface area (Å²) in [6.07, 6.45) is 2.86. The van der Waals surface area contributed by atoms with Crippen LogP contribution in [-0.4, -0.2) is 36.5 Å². The zero-order valence-corrected chi connectivity index (χ0v) is 13.1. The number of nitrogens with one attached hydrogen (secondary N) is 1. The zero-order valence-electron chi connectivity index (χ0n) is 12.3. The Kier molecular flexibility index (Phi) is 4.74. The first kappa shape index (κ1) is 16.0. The minimum absolute atomic E-state index is 0.00912. The molecule has 1 aliphatic carbocycles. The van der Waals surface area contributed by atoms with Gasteiger partial charge in [0.05, 0.1) is 5.02 Å². The summed E-state index contributed by atoms with van der Waals surface area (Å²) in [5.41, 5.74) is 5.90. The van der Waals surface area contributed by atoms with E-state index in [-0.39, 0.29) is 17.0 Å². The Hall–Kier alpha value is -1.33. The predicted octanol–water partition coefficient (Wildman–Crippen LogP) is 2.62. The number of rotatable bonds is 3. The third kappa shape index (κ3) is 3.47. The van der Waals surface area contributed by atoms with Crippen LogP contribution in [0.15, 0.2) is 18.2 Å². The van der Waals surface area contributed by atoms with Gasteiger partial charge in [0, 0.05) is 25.8 Å². The van der Waals surface area contributed by atoms with Gasteiger partial charge in [-0.25, -0.2) is 4.39 Å². The number of carbonyl (C=O) groups excluding carboxylic acids is 1. The molecule has 0 bridgehead atoms. The minimum Gasteiger partial charge on any atom is -0.371 e. The molecule has 0 heterocycles. The second kappa shape index (κ2) is 6.20. The first-order valence-electron chi connectivity index (χ1n) is 7.05. The smallest absolute Gasteiger partial charge is 0.247 e. The van der Waals surface area contributed by atoms with E-state index in [4.69, 9.17) is 17.3 Å². The summed E-state index contributed by atoms with van der Waals surface area (Å²) in [7, 11) is 3.47. The van der Waals surface area contributed by atoms with Crippen LogP contribution in [0.4, 0.5) is 10.1 Å². The highest BCUT2D eigenvalue weighted by molar-refractivity contribution is 6.31. The van der Waals surface area contributed by atoms with Gasteiger partial charge >= 0.3 is 0 Å². The number of likely N-dealkylation sites (N-methyl/N-ethyl adjacent to an activating group) is 1. The Labute approximate surface area is 129 Å². The average molecular weight is 314 g/mol. The van der Waals surface area contributed by atoms with Crippen LogP contribution in [0, 0.1) is 5.82 Å². The second-order valence-corrected chi connectivity index (χ2v) is 6.28. The number of nitrogens with zero attached hydrogens (tertiary/aromatic N) is 1. The maximum atomic E-state index is 13.3. The molecular formula is C15H21ClFN3O. The van der Waals surface area contributed by atoms with E-state index in [1.165, 1.54) is 12.1 Å². The van der Waals surface area contributed by atoms with E-state index in [9.17, 15) is 9.18 Å². The van der Waals surface area contributed by atoms with E-state index >= 15 is 0 Å². The lowest BCUT2D eigenvalue weighted by atomic mass is 9.78. The molecule has 3 N–H and O–H groups in total. The maximum Gasteiger partial charge on any atom is 0.247 e. The number of benzene rings is 1. The largest absolute Gasteiger partial charge is 0.371 e. The number of hydrogen-bond donors (Lipinski definition) is 2. The Bertz CT molecular complexity index is 528. The van der Waals surface area contributed by atoms with Gasteiger partial charge in [0.25, 0.3) is 0 Å². The van der Waals surface area contributed by atoms with Gasteiger partial charge in [-0.05, 0) is 43.9 Å². The van der Waals surface area contributed by atoms with Crippen LogP contribution in [0.3, 0.4) is 0 Å². The van der Waals surface area contributed by atoms with Gasteiger partial charge in [-0.1, -0.05) is 11.6 Å². The molecule has 0 aliphatic heterocycles. The number of anilines is 1. The van der Waals surface area contributed by atoms with Crippen molar-refractivity contribution in [3.05, 3.63) is 29.0 Å². The normalized spacial score (nSPS) is 25.5. The van der Waals surface area contributed by atoms with Crippen molar-refractivity contribution in [2.24, 2.45) is 5.73 Å². The highest BCUT2D eigenvalue weighted by Gasteiger charge is 2.42. The van der Waals surface area contributed by atoms with Crippen LogP contribution in [0.2, 0.25) is 5.02 Å². The number of halogens is 2. The molecule has 1 amide bonds. The van der Waals surface area contributed by atoms with Crippen molar-refractivity contribution in [2.45, 2.75) is 37.3 Å². The molecule has 0 saturated heterocycles. The summed E-state index contributed by atoms with van der Waals surface area (Å²) in [4.78, 5) is 14.2. The standard InChI is InChI=1S/C15H21ClFN3O/c1-20(2)14(21)15(7-5-10(18)6-8-15)19-11-3-4-13(17)12(16)9-11/h3-4,9-10,19H,5-8,18H2,1-2H3. The van der Waals surface area contributed by atoms with E-state index in [1.54, 1.807) is 25.1 Å². The van der Waals surface area contributed by atoms with Crippen molar-refractivity contribution >= 4 is 23.2 Å². The van der Waals surface area contributed by atoms with Gasteiger partial charge < -0.3 is 16.0 Å². The molecule has 0 aromatic heterocycles. The van der Waals surface area contributed by atoms with Gasteiger partial charge in [0.15, 0.2) is 0 Å². The fourth-order valence-electron chi connectivity index (χ4n) is 2.80. The summed E-state index contributed by atoms with van der Waals surface area (Å²) < 4.78 is 13.3. The van der Waals surface area contributed by atoms with E-state index < -0.39 is 11.4 Å². The van der Waals surface area contributed by atoms with Gasteiger partial charge in [-0.15, -0.1) is 0 Å². The highest BCUT2D eigenvalue weighted by Crippen LogP contribution is 2.33. The van der Waals surface area contributed by atoms with Crippen molar-refractivity contribution in [1.82, 2.24) is 4.90 Å². The SMILES string of the molecule is CN(C)C(=O)C1(Nc2ccc(F)c(Cl)c2)CCC(N)CC1. The average Bonchev–Trinajstić information content (AvgIpc) is 2.45. The van der Waals surface area contributed by atoms with Crippen LogP contribution in [0.1, 0.15) is 25.7 Å². The second-order valence-electron chi connectivity index (χ2n) is 5.87. The fraction of sp³-hybridized carbons (Fsp3) is 0.533. The van der Waals surface area contributed by atoms with Crippen LogP contribution in [0.5, 0.6) is 0 Å². The van der Waals surface area contributed by atoms with Crippen molar-refractivity contribution in [3.8, 4) is 0 Å². The number of carbonyl (C=O) groups is 1.